The van der Waals surface area contributed by atoms with Crippen molar-refractivity contribution >= 4 is 22.5 Å². The fraction of sp³-hybridized carbons (Fsp3) is 0.273. The van der Waals surface area contributed by atoms with Gasteiger partial charge in [-0.15, -0.1) is 0 Å². The number of rotatable bonds is 2. The molecule has 0 spiro atoms. The molecule has 1 aromatic carbocycles. The molecule has 0 unspecified atom stereocenters. The second kappa shape index (κ2) is 3.23. The molecule has 5 heteroatoms. The highest BCUT2D eigenvalue weighted by atomic mass is 16.1. The van der Waals surface area contributed by atoms with E-state index in [0.29, 0.717) is 28.6 Å². The summed E-state index contributed by atoms with van der Waals surface area (Å²) >= 11 is 0. The van der Waals surface area contributed by atoms with Gasteiger partial charge in [0, 0.05) is 11.7 Å². The van der Waals surface area contributed by atoms with Gasteiger partial charge in [-0.1, -0.05) is 0 Å². The standard InChI is InChI=1S/C11H12N4O/c12-6-1-4-9-8(5-6)10(16)15-11(14-9)13-7-2-3-7/h1,4-5,7H,2-3,12H2,(H2,13,14,15,16). The Morgan fingerprint density at radius 2 is 2.25 bits per heavy atom. The summed E-state index contributed by atoms with van der Waals surface area (Å²) in [7, 11) is 0. The summed E-state index contributed by atoms with van der Waals surface area (Å²) < 4.78 is 0. The second-order valence-corrected chi connectivity index (χ2v) is 4.11. The number of hydrogen-bond acceptors (Lipinski definition) is 4. The maximum absolute atomic E-state index is 11.8. The van der Waals surface area contributed by atoms with E-state index < -0.39 is 0 Å². The third-order valence-corrected chi connectivity index (χ3v) is 2.65. The molecular weight excluding hydrogens is 204 g/mol. The first kappa shape index (κ1) is 9.21. The summed E-state index contributed by atoms with van der Waals surface area (Å²) in [5, 5.41) is 3.69. The van der Waals surface area contributed by atoms with Crippen LogP contribution < -0.4 is 16.6 Å². The number of anilines is 2. The van der Waals surface area contributed by atoms with Crippen molar-refractivity contribution in [2.24, 2.45) is 0 Å². The van der Waals surface area contributed by atoms with Gasteiger partial charge in [-0.05, 0) is 31.0 Å². The minimum Gasteiger partial charge on any atom is -0.399 e. The van der Waals surface area contributed by atoms with E-state index in [9.17, 15) is 4.79 Å². The number of nitrogens with one attached hydrogen (secondary N) is 2. The lowest BCUT2D eigenvalue weighted by Gasteiger charge is -2.04. The van der Waals surface area contributed by atoms with Gasteiger partial charge in [-0.3, -0.25) is 9.78 Å². The predicted octanol–water partition coefficient (Wildman–Crippen LogP) is 1.08. The predicted molar refractivity (Wildman–Crippen MR) is 63.4 cm³/mol. The van der Waals surface area contributed by atoms with E-state index in [1.54, 1.807) is 18.2 Å². The van der Waals surface area contributed by atoms with E-state index in [2.05, 4.69) is 15.3 Å². The van der Waals surface area contributed by atoms with Gasteiger partial charge in [0.15, 0.2) is 0 Å². The van der Waals surface area contributed by atoms with Gasteiger partial charge < -0.3 is 11.1 Å². The van der Waals surface area contributed by atoms with Crippen molar-refractivity contribution in [3.63, 3.8) is 0 Å². The van der Waals surface area contributed by atoms with Gasteiger partial charge >= 0.3 is 0 Å². The number of fused-ring (bicyclic) bond motifs is 1. The van der Waals surface area contributed by atoms with Crippen molar-refractivity contribution in [2.75, 3.05) is 11.1 Å². The molecule has 0 amide bonds. The SMILES string of the molecule is Nc1ccc2nc(NC3CC3)[nH]c(=O)c2c1. The van der Waals surface area contributed by atoms with E-state index in [4.69, 9.17) is 5.73 Å². The molecule has 0 bridgehead atoms. The molecule has 4 N–H and O–H groups in total. The first-order chi connectivity index (χ1) is 7.72. The molecule has 0 aliphatic heterocycles. The Kier molecular flexibility index (Phi) is 1.86. The monoisotopic (exact) mass is 216 g/mol. The molecule has 1 fully saturated rings. The third kappa shape index (κ3) is 1.60. The molecule has 0 radical (unpaired) electrons. The average molecular weight is 216 g/mol. The van der Waals surface area contributed by atoms with Gasteiger partial charge in [-0.2, -0.15) is 0 Å². The molecule has 1 aromatic heterocycles. The van der Waals surface area contributed by atoms with Gasteiger partial charge in [0.1, 0.15) is 0 Å². The molecule has 1 aliphatic carbocycles. The lowest BCUT2D eigenvalue weighted by molar-refractivity contribution is 1.06. The van der Waals surface area contributed by atoms with Crippen LogP contribution in [0.3, 0.4) is 0 Å². The van der Waals surface area contributed by atoms with Crippen LogP contribution in [0.2, 0.25) is 0 Å². The first-order valence-electron chi connectivity index (χ1n) is 5.28. The molecule has 1 aliphatic rings. The largest absolute Gasteiger partial charge is 0.399 e. The molecule has 1 saturated carbocycles. The topological polar surface area (TPSA) is 83.8 Å². The smallest absolute Gasteiger partial charge is 0.260 e. The second-order valence-electron chi connectivity index (χ2n) is 4.11. The zero-order chi connectivity index (χ0) is 11.1. The molecule has 3 rings (SSSR count). The Balaban J connectivity index is 2.13. The van der Waals surface area contributed by atoms with Gasteiger partial charge in [0.25, 0.3) is 5.56 Å². The van der Waals surface area contributed by atoms with E-state index in [-0.39, 0.29) is 5.56 Å². The van der Waals surface area contributed by atoms with E-state index >= 15 is 0 Å². The number of H-pyrrole nitrogens is 1. The van der Waals surface area contributed by atoms with Crippen LogP contribution in [0.25, 0.3) is 10.9 Å². The summed E-state index contributed by atoms with van der Waals surface area (Å²) in [6.07, 6.45) is 2.28. The minimum atomic E-state index is -0.152. The molecule has 2 aromatic rings. The van der Waals surface area contributed by atoms with Crippen molar-refractivity contribution in [1.82, 2.24) is 9.97 Å². The Morgan fingerprint density at radius 1 is 1.44 bits per heavy atom. The Labute approximate surface area is 91.7 Å². The van der Waals surface area contributed by atoms with Crippen molar-refractivity contribution in [2.45, 2.75) is 18.9 Å². The van der Waals surface area contributed by atoms with Crippen LogP contribution in [0.15, 0.2) is 23.0 Å². The van der Waals surface area contributed by atoms with Crippen molar-refractivity contribution in [3.05, 3.63) is 28.6 Å². The summed E-state index contributed by atoms with van der Waals surface area (Å²) in [5.41, 5.74) is 6.71. The zero-order valence-electron chi connectivity index (χ0n) is 8.66. The van der Waals surface area contributed by atoms with Crippen molar-refractivity contribution in [1.29, 1.82) is 0 Å². The number of nitrogens with two attached hydrogens (primary N) is 1. The fourth-order valence-electron chi connectivity index (χ4n) is 1.65. The molecule has 5 nitrogen and oxygen atoms in total. The van der Waals surface area contributed by atoms with Gasteiger partial charge in [0.05, 0.1) is 10.9 Å². The number of nitrogens with zero attached hydrogens (tertiary/aromatic N) is 1. The lowest BCUT2D eigenvalue weighted by atomic mass is 10.2. The number of aromatic nitrogens is 2. The van der Waals surface area contributed by atoms with Crippen LogP contribution >= 0.6 is 0 Å². The first-order valence-corrected chi connectivity index (χ1v) is 5.28. The van der Waals surface area contributed by atoms with E-state index in [0.717, 1.165) is 12.8 Å². The molecule has 16 heavy (non-hydrogen) atoms. The molecule has 1 heterocycles. The van der Waals surface area contributed by atoms with Crippen LogP contribution in [0.4, 0.5) is 11.6 Å². The quantitative estimate of drug-likeness (QED) is 0.656. The van der Waals surface area contributed by atoms with E-state index in [1.165, 1.54) is 0 Å². The Hall–Kier alpha value is -2.04. The summed E-state index contributed by atoms with van der Waals surface area (Å²) in [5.74, 6) is 0.546. The number of nitrogen functional groups attached to an aromatic ring is 1. The maximum Gasteiger partial charge on any atom is 0.260 e. The van der Waals surface area contributed by atoms with Crippen molar-refractivity contribution in [3.8, 4) is 0 Å². The summed E-state index contributed by atoms with van der Waals surface area (Å²) in [6.45, 7) is 0. The number of aromatic amines is 1. The highest BCUT2D eigenvalue weighted by Crippen LogP contribution is 2.23. The van der Waals surface area contributed by atoms with Crippen LogP contribution in [0, 0.1) is 0 Å². The maximum atomic E-state index is 11.8. The highest BCUT2D eigenvalue weighted by molar-refractivity contribution is 5.81. The van der Waals surface area contributed by atoms with Crippen LogP contribution in [-0.2, 0) is 0 Å². The molecule has 0 saturated heterocycles. The zero-order valence-corrected chi connectivity index (χ0v) is 8.66. The van der Waals surface area contributed by atoms with Gasteiger partial charge in [0.2, 0.25) is 5.95 Å². The van der Waals surface area contributed by atoms with E-state index in [1.807, 2.05) is 0 Å². The highest BCUT2D eigenvalue weighted by Gasteiger charge is 2.21. The van der Waals surface area contributed by atoms with Crippen LogP contribution in [0.5, 0.6) is 0 Å². The Morgan fingerprint density at radius 3 is 3.00 bits per heavy atom. The lowest BCUT2D eigenvalue weighted by Crippen LogP contribution is -2.14. The van der Waals surface area contributed by atoms with Crippen molar-refractivity contribution < 1.29 is 0 Å². The molecule has 0 atom stereocenters. The van der Waals surface area contributed by atoms with Crippen LogP contribution in [-0.4, -0.2) is 16.0 Å². The molecular formula is C11H12N4O. The summed E-state index contributed by atoms with van der Waals surface area (Å²) in [4.78, 5) is 18.8. The summed E-state index contributed by atoms with van der Waals surface area (Å²) in [6, 6.07) is 5.62. The number of benzene rings is 1. The number of hydrogen-bond donors (Lipinski definition) is 3. The Bertz CT molecular complexity index is 600. The minimum absolute atomic E-state index is 0.152. The van der Waals surface area contributed by atoms with Crippen LogP contribution in [0.1, 0.15) is 12.8 Å². The average Bonchev–Trinajstić information content (AvgIpc) is 3.03. The van der Waals surface area contributed by atoms with Gasteiger partial charge in [-0.25, -0.2) is 4.98 Å². The fourth-order valence-corrected chi connectivity index (χ4v) is 1.65. The third-order valence-electron chi connectivity index (χ3n) is 2.65. The molecule has 82 valence electrons. The normalized spacial score (nSPS) is 15.2.